The number of hydrogen-bond acceptors (Lipinski definition) is 2. The van der Waals surface area contributed by atoms with E-state index in [0.29, 0.717) is 6.42 Å². The van der Waals surface area contributed by atoms with E-state index in [9.17, 15) is 4.57 Å². The Labute approximate surface area is 121 Å². The minimum Gasteiger partial charge on any atom is -0.303 e. The first-order valence-corrected chi connectivity index (χ1v) is 8.77. The molecule has 2 atom stereocenters. The first-order valence-electron chi connectivity index (χ1n) is 7.24. The second kappa shape index (κ2) is 8.58. The second-order valence-electron chi connectivity index (χ2n) is 5.13. The van der Waals surface area contributed by atoms with Crippen LogP contribution in [0.4, 0.5) is 0 Å². The van der Waals surface area contributed by atoms with Gasteiger partial charge in [-0.3, -0.25) is 4.52 Å². The maximum absolute atomic E-state index is 11.2. The lowest BCUT2D eigenvalue weighted by Crippen LogP contribution is -2.25. The molecule has 5 heteroatoms. The molecule has 0 aromatic heterocycles. The summed E-state index contributed by atoms with van der Waals surface area (Å²) in [4.78, 5) is 18.2. The van der Waals surface area contributed by atoms with Crippen LogP contribution in [0.3, 0.4) is 0 Å². The highest BCUT2D eigenvalue weighted by molar-refractivity contribution is 7.46. The van der Waals surface area contributed by atoms with Crippen molar-refractivity contribution < 1.29 is 18.9 Å². The molecule has 2 unspecified atom stereocenters. The molecule has 0 radical (unpaired) electrons. The standard InChI is InChI=1S/C15H25O4P/c1-3-5-11-14(4-2)15(19-20(16,17)18)12-13-9-7-6-8-10-13/h6-10,14-15H,3-5,11-12H2,1-2H3,(H2,16,17,18). The lowest BCUT2D eigenvalue weighted by atomic mass is 9.89. The van der Waals surface area contributed by atoms with Gasteiger partial charge in [-0.1, -0.05) is 63.4 Å². The van der Waals surface area contributed by atoms with Crippen molar-refractivity contribution in [2.45, 2.75) is 52.1 Å². The van der Waals surface area contributed by atoms with Crippen molar-refractivity contribution >= 4 is 7.82 Å². The molecule has 0 spiro atoms. The molecular formula is C15H25O4P. The molecule has 1 aromatic carbocycles. The lowest BCUT2D eigenvalue weighted by Gasteiger charge is -2.26. The van der Waals surface area contributed by atoms with Gasteiger partial charge >= 0.3 is 7.82 Å². The summed E-state index contributed by atoms with van der Waals surface area (Å²) in [5, 5.41) is 0. The summed E-state index contributed by atoms with van der Waals surface area (Å²) in [6.07, 6.45) is 4.02. The Hall–Kier alpha value is -0.670. The van der Waals surface area contributed by atoms with Crippen LogP contribution in [0.1, 0.15) is 45.1 Å². The molecule has 0 saturated carbocycles. The molecule has 4 nitrogen and oxygen atoms in total. The van der Waals surface area contributed by atoms with Gasteiger partial charge in [-0.15, -0.1) is 0 Å². The van der Waals surface area contributed by atoms with Crippen LogP contribution in [-0.4, -0.2) is 15.9 Å². The van der Waals surface area contributed by atoms with Crippen LogP contribution >= 0.6 is 7.82 Å². The number of rotatable bonds is 9. The summed E-state index contributed by atoms with van der Waals surface area (Å²) in [5.41, 5.74) is 1.04. The van der Waals surface area contributed by atoms with Gasteiger partial charge in [0.2, 0.25) is 0 Å². The van der Waals surface area contributed by atoms with Crippen molar-refractivity contribution in [1.82, 2.24) is 0 Å². The van der Waals surface area contributed by atoms with Crippen molar-refractivity contribution in [2.24, 2.45) is 5.92 Å². The molecule has 1 aromatic rings. The van der Waals surface area contributed by atoms with Gasteiger partial charge in [0.05, 0.1) is 6.10 Å². The van der Waals surface area contributed by atoms with E-state index in [1.807, 2.05) is 37.3 Å². The second-order valence-corrected chi connectivity index (χ2v) is 6.33. The SMILES string of the molecule is CCCCC(CC)C(Cc1ccccc1)OP(=O)(O)O. The van der Waals surface area contributed by atoms with Crippen molar-refractivity contribution in [3.63, 3.8) is 0 Å². The van der Waals surface area contributed by atoms with E-state index in [2.05, 4.69) is 6.92 Å². The molecule has 0 aliphatic rings. The summed E-state index contributed by atoms with van der Waals surface area (Å²) >= 11 is 0. The van der Waals surface area contributed by atoms with Crippen LogP contribution in [0, 0.1) is 5.92 Å². The average molecular weight is 300 g/mol. The Kier molecular flexibility index (Phi) is 7.46. The van der Waals surface area contributed by atoms with Gasteiger partial charge in [0.15, 0.2) is 0 Å². The Morgan fingerprint density at radius 1 is 1.20 bits per heavy atom. The minimum absolute atomic E-state index is 0.169. The molecule has 0 aliphatic heterocycles. The predicted octanol–water partition coefficient (Wildman–Crippen LogP) is 3.92. The van der Waals surface area contributed by atoms with Crippen LogP contribution in [0.15, 0.2) is 30.3 Å². The molecule has 0 bridgehead atoms. The molecule has 2 N–H and O–H groups in total. The number of phosphoric acid groups is 1. The highest BCUT2D eigenvalue weighted by Crippen LogP contribution is 2.41. The zero-order chi connectivity index (χ0) is 15.0. The molecule has 114 valence electrons. The molecule has 0 saturated heterocycles. The van der Waals surface area contributed by atoms with E-state index in [-0.39, 0.29) is 5.92 Å². The van der Waals surface area contributed by atoms with E-state index in [4.69, 9.17) is 14.3 Å². The van der Waals surface area contributed by atoms with Gasteiger partial charge in [-0.2, -0.15) is 0 Å². The molecular weight excluding hydrogens is 275 g/mol. The zero-order valence-corrected chi connectivity index (χ0v) is 13.1. The van der Waals surface area contributed by atoms with Gasteiger partial charge in [0.25, 0.3) is 0 Å². The topological polar surface area (TPSA) is 66.8 Å². The van der Waals surface area contributed by atoms with Crippen molar-refractivity contribution in [1.29, 1.82) is 0 Å². The summed E-state index contributed by atoms with van der Waals surface area (Å²) in [6.45, 7) is 4.16. The van der Waals surface area contributed by atoms with E-state index in [1.165, 1.54) is 0 Å². The van der Waals surface area contributed by atoms with Gasteiger partial charge < -0.3 is 9.79 Å². The minimum atomic E-state index is -4.46. The number of hydrogen-bond donors (Lipinski definition) is 2. The molecule has 0 aliphatic carbocycles. The van der Waals surface area contributed by atoms with Crippen LogP contribution in [0.5, 0.6) is 0 Å². The highest BCUT2D eigenvalue weighted by atomic mass is 31.2. The average Bonchev–Trinajstić information content (AvgIpc) is 2.39. The third kappa shape index (κ3) is 6.67. The third-order valence-electron chi connectivity index (χ3n) is 3.53. The largest absolute Gasteiger partial charge is 0.469 e. The first-order chi connectivity index (χ1) is 9.46. The maximum atomic E-state index is 11.2. The Morgan fingerprint density at radius 3 is 2.35 bits per heavy atom. The van der Waals surface area contributed by atoms with Crippen molar-refractivity contribution in [3.05, 3.63) is 35.9 Å². The van der Waals surface area contributed by atoms with Gasteiger partial charge in [-0.05, 0) is 24.3 Å². The van der Waals surface area contributed by atoms with E-state index >= 15 is 0 Å². The van der Waals surface area contributed by atoms with Crippen LogP contribution in [0.2, 0.25) is 0 Å². The fourth-order valence-electron chi connectivity index (χ4n) is 2.43. The Balaban J connectivity index is 2.80. The molecule has 0 fully saturated rings. The molecule has 20 heavy (non-hydrogen) atoms. The van der Waals surface area contributed by atoms with Gasteiger partial charge in [0, 0.05) is 0 Å². The molecule has 0 amide bonds. The predicted molar refractivity (Wildman–Crippen MR) is 80.4 cm³/mol. The van der Waals surface area contributed by atoms with E-state index in [1.54, 1.807) is 0 Å². The van der Waals surface area contributed by atoms with E-state index < -0.39 is 13.9 Å². The van der Waals surface area contributed by atoms with Crippen LogP contribution in [0.25, 0.3) is 0 Å². The Morgan fingerprint density at radius 2 is 1.85 bits per heavy atom. The van der Waals surface area contributed by atoms with E-state index in [0.717, 1.165) is 31.2 Å². The summed E-state index contributed by atoms with van der Waals surface area (Å²) in [5.74, 6) is 0.169. The molecule has 1 rings (SSSR count). The lowest BCUT2D eigenvalue weighted by molar-refractivity contribution is 0.0813. The fourth-order valence-corrected chi connectivity index (χ4v) is 3.03. The fraction of sp³-hybridized carbons (Fsp3) is 0.600. The van der Waals surface area contributed by atoms with Gasteiger partial charge in [-0.25, -0.2) is 4.57 Å². The smallest absolute Gasteiger partial charge is 0.303 e. The quantitative estimate of drug-likeness (QED) is 0.678. The third-order valence-corrected chi connectivity index (χ3v) is 4.08. The monoisotopic (exact) mass is 300 g/mol. The summed E-state index contributed by atoms with van der Waals surface area (Å²) < 4.78 is 16.3. The summed E-state index contributed by atoms with van der Waals surface area (Å²) in [7, 11) is -4.46. The highest BCUT2D eigenvalue weighted by Gasteiger charge is 2.28. The normalized spacial score (nSPS) is 15.0. The number of unbranched alkanes of at least 4 members (excludes halogenated alkanes) is 1. The molecule has 0 heterocycles. The van der Waals surface area contributed by atoms with Crippen LogP contribution < -0.4 is 0 Å². The number of benzene rings is 1. The number of phosphoric ester groups is 1. The maximum Gasteiger partial charge on any atom is 0.469 e. The van der Waals surface area contributed by atoms with Crippen LogP contribution in [-0.2, 0) is 15.5 Å². The van der Waals surface area contributed by atoms with Gasteiger partial charge in [0.1, 0.15) is 0 Å². The summed E-state index contributed by atoms with van der Waals surface area (Å²) in [6, 6.07) is 9.70. The van der Waals surface area contributed by atoms with Crippen molar-refractivity contribution in [3.8, 4) is 0 Å². The zero-order valence-electron chi connectivity index (χ0n) is 12.2. The first kappa shape index (κ1) is 17.4. The Bertz CT molecular complexity index is 415. The van der Waals surface area contributed by atoms with Crippen molar-refractivity contribution in [2.75, 3.05) is 0 Å².